The number of hydrazone groups is 1. The summed E-state index contributed by atoms with van der Waals surface area (Å²) < 4.78 is 44.4. The molecule has 2 heterocycles. The Morgan fingerprint density at radius 3 is 2.62 bits per heavy atom. The molecule has 0 radical (unpaired) electrons. The van der Waals surface area contributed by atoms with Gasteiger partial charge < -0.3 is 15.0 Å². The van der Waals surface area contributed by atoms with Crippen molar-refractivity contribution >= 4 is 57.3 Å². The van der Waals surface area contributed by atoms with Crippen molar-refractivity contribution in [1.29, 1.82) is 0 Å². The Bertz CT molecular complexity index is 1180. The zero-order valence-corrected chi connectivity index (χ0v) is 20.0. The second-order valence-corrected chi connectivity index (χ2v) is 9.02. The average molecular weight is 526 g/mol. The van der Waals surface area contributed by atoms with Crippen molar-refractivity contribution in [3.05, 3.63) is 64.0 Å². The van der Waals surface area contributed by atoms with Crippen LogP contribution in [0.1, 0.15) is 10.4 Å². The molecule has 3 aromatic rings. The van der Waals surface area contributed by atoms with Crippen LogP contribution in [0.3, 0.4) is 0 Å². The number of nitrogens with one attached hydrogen (secondary N) is 2. The molecule has 0 spiro atoms. The first-order valence-electron chi connectivity index (χ1n) is 10.2. The molecule has 0 saturated carbocycles. The van der Waals surface area contributed by atoms with E-state index < -0.39 is 11.7 Å². The molecule has 1 saturated heterocycles. The summed E-state index contributed by atoms with van der Waals surface area (Å²) >= 11 is 12.7. The predicted molar refractivity (Wildman–Crippen MR) is 134 cm³/mol. The van der Waals surface area contributed by atoms with E-state index in [1.807, 2.05) is 30.3 Å². The monoisotopic (exact) mass is 525 g/mol. The first kappa shape index (κ1) is 24.4. The third kappa shape index (κ3) is 6.03. The van der Waals surface area contributed by atoms with Gasteiger partial charge in [-0.3, -0.25) is 5.43 Å². The second-order valence-electron chi connectivity index (χ2n) is 7.19. The Kier molecular flexibility index (Phi) is 7.67. The maximum absolute atomic E-state index is 13.0. The van der Waals surface area contributed by atoms with Crippen LogP contribution in [0.2, 0.25) is 5.02 Å². The highest BCUT2D eigenvalue weighted by molar-refractivity contribution is 7.80. The smallest absolute Gasteiger partial charge is 0.378 e. The third-order valence-corrected chi connectivity index (χ3v) is 6.43. The van der Waals surface area contributed by atoms with E-state index in [4.69, 9.17) is 33.5 Å². The van der Waals surface area contributed by atoms with Crippen molar-refractivity contribution in [2.75, 3.05) is 36.5 Å². The van der Waals surface area contributed by atoms with Crippen molar-refractivity contribution in [3.8, 4) is 11.3 Å². The standard InChI is InChI=1S/C22H19ClF3N5OS2/c23-16-7-6-15(22(24,25)26)12-17(16)28-20(33)30-27-13-18-19(14-4-2-1-3-5-14)29-21(34-18)31-8-10-32-11-9-31/h1-7,12-13H,8-11H2,(H2,28,30,33)/b27-13-. The van der Waals surface area contributed by atoms with Crippen molar-refractivity contribution in [2.24, 2.45) is 5.10 Å². The Morgan fingerprint density at radius 2 is 1.91 bits per heavy atom. The topological polar surface area (TPSA) is 61.8 Å². The van der Waals surface area contributed by atoms with Gasteiger partial charge in [0.15, 0.2) is 10.2 Å². The Labute approximate surface area is 208 Å². The summed E-state index contributed by atoms with van der Waals surface area (Å²) in [6.45, 7) is 2.79. The van der Waals surface area contributed by atoms with E-state index >= 15 is 0 Å². The lowest BCUT2D eigenvalue weighted by molar-refractivity contribution is -0.137. The molecule has 178 valence electrons. The molecule has 6 nitrogen and oxygen atoms in total. The molecule has 2 aromatic carbocycles. The van der Waals surface area contributed by atoms with Crippen LogP contribution in [-0.4, -0.2) is 42.6 Å². The molecule has 4 rings (SSSR count). The van der Waals surface area contributed by atoms with Crippen molar-refractivity contribution in [1.82, 2.24) is 10.4 Å². The first-order chi connectivity index (χ1) is 16.3. The highest BCUT2D eigenvalue weighted by Gasteiger charge is 2.31. The van der Waals surface area contributed by atoms with E-state index in [2.05, 4.69) is 20.7 Å². The van der Waals surface area contributed by atoms with Gasteiger partial charge in [-0.05, 0) is 30.4 Å². The maximum atomic E-state index is 13.0. The number of nitrogens with zero attached hydrogens (tertiary/aromatic N) is 3. The van der Waals surface area contributed by atoms with E-state index in [1.165, 1.54) is 11.3 Å². The van der Waals surface area contributed by atoms with Gasteiger partial charge in [0, 0.05) is 18.7 Å². The molecule has 1 aliphatic rings. The van der Waals surface area contributed by atoms with Crippen LogP contribution in [-0.2, 0) is 10.9 Å². The van der Waals surface area contributed by atoms with Gasteiger partial charge in [-0.15, -0.1) is 0 Å². The molecule has 1 aliphatic heterocycles. The number of anilines is 2. The molecule has 1 aromatic heterocycles. The average Bonchev–Trinajstić information content (AvgIpc) is 3.25. The molecular weight excluding hydrogens is 507 g/mol. The second kappa shape index (κ2) is 10.7. The van der Waals surface area contributed by atoms with E-state index in [0.29, 0.717) is 13.2 Å². The minimum atomic E-state index is -4.49. The lowest BCUT2D eigenvalue weighted by atomic mass is 10.1. The fourth-order valence-corrected chi connectivity index (χ4v) is 4.54. The number of alkyl halides is 3. The quantitative estimate of drug-likeness (QED) is 0.255. The molecule has 34 heavy (non-hydrogen) atoms. The lowest BCUT2D eigenvalue weighted by Crippen LogP contribution is -2.36. The van der Waals surface area contributed by atoms with E-state index in [1.54, 1.807) is 6.21 Å². The summed E-state index contributed by atoms with van der Waals surface area (Å²) in [6.07, 6.45) is -2.90. The van der Waals surface area contributed by atoms with Crippen LogP contribution >= 0.6 is 35.2 Å². The Hall–Kier alpha value is -2.73. The molecular formula is C22H19ClF3N5OS2. The van der Waals surface area contributed by atoms with Gasteiger partial charge in [0.2, 0.25) is 0 Å². The molecule has 2 N–H and O–H groups in total. The maximum Gasteiger partial charge on any atom is 0.416 e. The van der Waals surface area contributed by atoms with Crippen LogP contribution in [0.4, 0.5) is 24.0 Å². The largest absolute Gasteiger partial charge is 0.416 e. The highest BCUT2D eigenvalue weighted by atomic mass is 35.5. The van der Waals surface area contributed by atoms with Gasteiger partial charge in [0.25, 0.3) is 0 Å². The number of ether oxygens (including phenoxy) is 1. The molecule has 0 unspecified atom stereocenters. The van der Waals surface area contributed by atoms with Gasteiger partial charge >= 0.3 is 6.18 Å². The zero-order valence-electron chi connectivity index (χ0n) is 17.6. The zero-order chi connectivity index (χ0) is 24.1. The fraction of sp³-hybridized carbons (Fsp3) is 0.227. The van der Waals surface area contributed by atoms with Crippen LogP contribution in [0.25, 0.3) is 11.3 Å². The summed E-state index contributed by atoms with van der Waals surface area (Å²) in [7, 11) is 0. The van der Waals surface area contributed by atoms with Crippen LogP contribution in [0.5, 0.6) is 0 Å². The number of benzene rings is 2. The summed E-state index contributed by atoms with van der Waals surface area (Å²) in [4.78, 5) is 7.78. The normalized spacial score (nSPS) is 14.4. The molecule has 0 amide bonds. The molecule has 0 atom stereocenters. The number of halogens is 4. The summed E-state index contributed by atoms with van der Waals surface area (Å²) in [5.41, 5.74) is 3.54. The molecule has 1 fully saturated rings. The number of thiocarbonyl (C=S) groups is 1. The van der Waals surface area contributed by atoms with E-state index in [-0.39, 0.29) is 15.8 Å². The minimum absolute atomic E-state index is 0.00310. The van der Waals surface area contributed by atoms with Gasteiger partial charge in [-0.25, -0.2) is 4.98 Å². The fourth-order valence-electron chi connectivity index (χ4n) is 3.20. The van der Waals surface area contributed by atoms with Gasteiger partial charge in [0.05, 0.1) is 46.3 Å². The van der Waals surface area contributed by atoms with Crippen molar-refractivity contribution in [2.45, 2.75) is 6.18 Å². The lowest BCUT2D eigenvalue weighted by Gasteiger charge is -2.26. The summed E-state index contributed by atoms with van der Waals surface area (Å²) in [5, 5.41) is 7.78. The summed E-state index contributed by atoms with van der Waals surface area (Å²) in [5.74, 6) is 0. The predicted octanol–water partition coefficient (Wildman–Crippen LogP) is 5.64. The number of morpholine rings is 1. The van der Waals surface area contributed by atoms with E-state index in [9.17, 15) is 13.2 Å². The molecule has 0 bridgehead atoms. The van der Waals surface area contributed by atoms with Gasteiger partial charge in [0.1, 0.15) is 0 Å². The number of thiazole rings is 1. The highest BCUT2D eigenvalue weighted by Crippen LogP contribution is 2.34. The van der Waals surface area contributed by atoms with Gasteiger partial charge in [-0.2, -0.15) is 18.3 Å². The third-order valence-electron chi connectivity index (χ3n) is 4.86. The minimum Gasteiger partial charge on any atom is -0.378 e. The Balaban J connectivity index is 1.50. The van der Waals surface area contributed by atoms with Gasteiger partial charge in [-0.1, -0.05) is 53.3 Å². The van der Waals surface area contributed by atoms with E-state index in [0.717, 1.165) is 52.6 Å². The first-order valence-corrected chi connectivity index (χ1v) is 11.8. The molecule has 12 heteroatoms. The van der Waals surface area contributed by atoms with Crippen LogP contribution < -0.4 is 15.6 Å². The molecule has 0 aliphatic carbocycles. The number of aromatic nitrogens is 1. The number of hydrogen-bond donors (Lipinski definition) is 2. The Morgan fingerprint density at radius 1 is 1.18 bits per heavy atom. The van der Waals surface area contributed by atoms with Crippen LogP contribution in [0.15, 0.2) is 53.6 Å². The summed E-state index contributed by atoms with van der Waals surface area (Å²) in [6, 6.07) is 12.7. The van der Waals surface area contributed by atoms with Crippen molar-refractivity contribution in [3.63, 3.8) is 0 Å². The SMILES string of the molecule is FC(F)(F)c1ccc(Cl)c(NC(=S)N/N=C\c2sc(N3CCOCC3)nc2-c2ccccc2)c1. The van der Waals surface area contributed by atoms with Crippen molar-refractivity contribution < 1.29 is 17.9 Å². The number of rotatable bonds is 5. The number of hydrogen-bond acceptors (Lipinski definition) is 6. The van der Waals surface area contributed by atoms with Crippen LogP contribution in [0, 0.1) is 0 Å².